The normalized spacial score (nSPS) is 12.0. The molecule has 6 N–H and O–H groups in total. The van der Waals surface area contributed by atoms with Crippen LogP contribution < -0.4 is 21.7 Å². The first-order valence-electron chi connectivity index (χ1n) is 12.3. The summed E-state index contributed by atoms with van der Waals surface area (Å²) < 4.78 is 0. The maximum absolute atomic E-state index is 12.7. The van der Waals surface area contributed by atoms with Crippen molar-refractivity contribution in [2.45, 2.75) is 38.3 Å². The Bertz CT molecular complexity index is 1320. The van der Waals surface area contributed by atoms with Crippen molar-refractivity contribution in [3.8, 4) is 11.1 Å². The van der Waals surface area contributed by atoms with Gasteiger partial charge in [-0.1, -0.05) is 54.6 Å². The van der Waals surface area contributed by atoms with Crippen molar-refractivity contribution in [3.05, 3.63) is 90.0 Å². The van der Waals surface area contributed by atoms with Crippen LogP contribution in [0, 0.1) is 0 Å². The minimum Gasteiger partial charge on any atom is -0.480 e. The molecule has 3 rings (SSSR count). The van der Waals surface area contributed by atoms with E-state index in [-0.39, 0.29) is 19.3 Å². The zero-order valence-electron chi connectivity index (χ0n) is 21.3. The standard InChI is InChI=1S/C29H30N4O6/c1-18(34)31-24(15-16-26(30)35)28(37)32-23-13-11-21(12-14-23)20-7-9-22(10-8-20)27(36)33-25(29(38)39)17-19-5-3-2-4-6-19/h2-14,24-25H,15-17H2,1H3,(H2,30,35)(H,31,34)(H,32,37)(H,33,36)(H,38,39). The number of carboxylic acids is 1. The number of benzene rings is 3. The highest BCUT2D eigenvalue weighted by molar-refractivity contribution is 5.98. The van der Waals surface area contributed by atoms with Gasteiger partial charge in [0.15, 0.2) is 0 Å². The molecular weight excluding hydrogens is 500 g/mol. The van der Waals surface area contributed by atoms with Gasteiger partial charge in [0.25, 0.3) is 5.91 Å². The highest BCUT2D eigenvalue weighted by atomic mass is 16.4. The highest BCUT2D eigenvalue weighted by Crippen LogP contribution is 2.22. The van der Waals surface area contributed by atoms with E-state index in [0.717, 1.165) is 16.7 Å². The van der Waals surface area contributed by atoms with Gasteiger partial charge in [0.1, 0.15) is 12.1 Å². The Morgan fingerprint density at radius 1 is 0.795 bits per heavy atom. The van der Waals surface area contributed by atoms with Gasteiger partial charge < -0.3 is 26.8 Å². The first-order chi connectivity index (χ1) is 18.6. The van der Waals surface area contributed by atoms with Gasteiger partial charge in [0.05, 0.1) is 0 Å². The monoisotopic (exact) mass is 530 g/mol. The molecule has 3 aromatic carbocycles. The number of anilines is 1. The number of carbonyl (C=O) groups is 5. The van der Waals surface area contributed by atoms with Crippen LogP contribution in [0.4, 0.5) is 5.69 Å². The predicted octanol–water partition coefficient (Wildman–Crippen LogP) is 2.49. The van der Waals surface area contributed by atoms with Crippen molar-refractivity contribution in [2.24, 2.45) is 5.73 Å². The Kier molecular flexibility index (Phi) is 9.91. The minimum atomic E-state index is -1.12. The van der Waals surface area contributed by atoms with Crippen LogP contribution in [0.25, 0.3) is 11.1 Å². The van der Waals surface area contributed by atoms with E-state index in [0.29, 0.717) is 11.3 Å². The molecule has 0 aliphatic rings. The maximum Gasteiger partial charge on any atom is 0.326 e. The Morgan fingerprint density at radius 2 is 1.38 bits per heavy atom. The highest BCUT2D eigenvalue weighted by Gasteiger charge is 2.22. The molecule has 0 fully saturated rings. The molecule has 4 amide bonds. The van der Waals surface area contributed by atoms with E-state index >= 15 is 0 Å². The Hall–Kier alpha value is -4.99. The van der Waals surface area contributed by atoms with Crippen molar-refractivity contribution in [3.63, 3.8) is 0 Å². The van der Waals surface area contributed by atoms with Crippen LogP contribution in [0.5, 0.6) is 0 Å². The van der Waals surface area contributed by atoms with E-state index in [4.69, 9.17) is 5.73 Å². The fourth-order valence-corrected chi connectivity index (χ4v) is 3.88. The molecule has 0 aliphatic heterocycles. The van der Waals surface area contributed by atoms with Gasteiger partial charge in [-0.15, -0.1) is 0 Å². The molecule has 0 radical (unpaired) electrons. The molecule has 0 spiro atoms. The van der Waals surface area contributed by atoms with Crippen LogP contribution in [0.15, 0.2) is 78.9 Å². The van der Waals surface area contributed by atoms with Gasteiger partial charge in [-0.25, -0.2) is 4.79 Å². The number of rotatable bonds is 12. The Labute approximate surface area is 225 Å². The third-order valence-electron chi connectivity index (χ3n) is 5.89. The molecule has 0 aromatic heterocycles. The molecule has 0 saturated carbocycles. The summed E-state index contributed by atoms with van der Waals surface area (Å²) in [6.45, 7) is 1.28. The number of amides is 4. The summed E-state index contributed by atoms with van der Waals surface area (Å²) in [5, 5.41) is 17.3. The SMILES string of the molecule is CC(=O)NC(CCC(N)=O)C(=O)Nc1ccc(-c2ccc(C(=O)NC(Cc3ccccc3)C(=O)O)cc2)cc1. The molecule has 10 nitrogen and oxygen atoms in total. The summed E-state index contributed by atoms with van der Waals surface area (Å²) in [6, 6.07) is 20.7. The topological polar surface area (TPSA) is 168 Å². The summed E-state index contributed by atoms with van der Waals surface area (Å²) in [5.74, 6) is -3.05. The number of nitrogens with one attached hydrogen (secondary N) is 3. The van der Waals surface area contributed by atoms with Gasteiger partial charge in [-0.2, -0.15) is 0 Å². The van der Waals surface area contributed by atoms with Crippen molar-refractivity contribution in [1.29, 1.82) is 0 Å². The third-order valence-corrected chi connectivity index (χ3v) is 5.89. The molecule has 39 heavy (non-hydrogen) atoms. The summed E-state index contributed by atoms with van der Waals surface area (Å²) in [6.07, 6.45) is 0.202. The molecule has 2 unspecified atom stereocenters. The predicted molar refractivity (Wildman–Crippen MR) is 146 cm³/mol. The van der Waals surface area contributed by atoms with E-state index in [9.17, 15) is 29.1 Å². The second-order valence-electron chi connectivity index (χ2n) is 8.96. The zero-order valence-corrected chi connectivity index (χ0v) is 21.3. The van der Waals surface area contributed by atoms with Crippen LogP contribution in [0.1, 0.15) is 35.7 Å². The average molecular weight is 531 g/mol. The van der Waals surface area contributed by atoms with Gasteiger partial charge >= 0.3 is 5.97 Å². The van der Waals surface area contributed by atoms with Crippen molar-refractivity contribution < 1.29 is 29.1 Å². The quantitative estimate of drug-likeness (QED) is 0.241. The smallest absolute Gasteiger partial charge is 0.326 e. The third kappa shape index (κ3) is 8.81. The Balaban J connectivity index is 1.62. The number of carbonyl (C=O) groups excluding carboxylic acids is 4. The molecule has 10 heteroatoms. The van der Waals surface area contributed by atoms with Gasteiger partial charge in [0.2, 0.25) is 17.7 Å². The van der Waals surface area contributed by atoms with Crippen LogP contribution in [0.3, 0.4) is 0 Å². The lowest BCUT2D eigenvalue weighted by molar-refractivity contribution is -0.139. The molecule has 2 atom stereocenters. The van der Waals surface area contributed by atoms with Crippen LogP contribution >= 0.6 is 0 Å². The molecule has 0 saturated heterocycles. The van der Waals surface area contributed by atoms with E-state index in [2.05, 4.69) is 16.0 Å². The molecular formula is C29H30N4O6. The van der Waals surface area contributed by atoms with Crippen LogP contribution in [-0.4, -0.2) is 46.8 Å². The lowest BCUT2D eigenvalue weighted by atomic mass is 10.0. The zero-order chi connectivity index (χ0) is 28.4. The van der Waals surface area contributed by atoms with Gasteiger partial charge in [-0.05, 0) is 47.4 Å². The number of aliphatic carboxylic acids is 1. The van der Waals surface area contributed by atoms with Crippen molar-refractivity contribution in [1.82, 2.24) is 10.6 Å². The first-order valence-corrected chi connectivity index (χ1v) is 12.3. The number of hydrogen-bond acceptors (Lipinski definition) is 5. The summed E-state index contributed by atoms with van der Waals surface area (Å²) >= 11 is 0. The fraction of sp³-hybridized carbons (Fsp3) is 0.207. The number of nitrogens with two attached hydrogens (primary N) is 1. The van der Waals surface area contributed by atoms with Crippen molar-refractivity contribution in [2.75, 3.05) is 5.32 Å². The van der Waals surface area contributed by atoms with E-state index in [1.807, 2.05) is 18.2 Å². The molecule has 0 aliphatic carbocycles. The lowest BCUT2D eigenvalue weighted by Gasteiger charge is -2.17. The summed E-state index contributed by atoms with van der Waals surface area (Å²) in [5.41, 5.74) is 8.40. The van der Waals surface area contributed by atoms with Crippen LogP contribution in [0.2, 0.25) is 0 Å². The largest absolute Gasteiger partial charge is 0.480 e. The number of hydrogen-bond donors (Lipinski definition) is 5. The number of primary amides is 1. The molecule has 0 heterocycles. The number of carboxylic acid groups (broad SMARTS) is 1. The van der Waals surface area contributed by atoms with Gasteiger partial charge in [-0.3, -0.25) is 19.2 Å². The fourth-order valence-electron chi connectivity index (χ4n) is 3.88. The first kappa shape index (κ1) is 28.6. The second-order valence-corrected chi connectivity index (χ2v) is 8.96. The molecule has 202 valence electrons. The van der Waals surface area contributed by atoms with Crippen molar-refractivity contribution >= 4 is 35.3 Å². The van der Waals surface area contributed by atoms with E-state index < -0.39 is 41.7 Å². The molecule has 0 bridgehead atoms. The van der Waals surface area contributed by atoms with E-state index in [1.165, 1.54) is 6.92 Å². The summed E-state index contributed by atoms with van der Waals surface area (Å²) in [7, 11) is 0. The van der Waals surface area contributed by atoms with Crippen LogP contribution in [-0.2, 0) is 25.6 Å². The average Bonchev–Trinajstić information content (AvgIpc) is 2.91. The minimum absolute atomic E-state index is 0.0463. The maximum atomic E-state index is 12.7. The molecule has 3 aromatic rings. The van der Waals surface area contributed by atoms with E-state index in [1.54, 1.807) is 60.7 Å². The lowest BCUT2D eigenvalue weighted by Crippen LogP contribution is -2.43. The summed E-state index contributed by atoms with van der Waals surface area (Å²) in [4.78, 5) is 59.4. The second kappa shape index (κ2) is 13.5. The Morgan fingerprint density at radius 3 is 1.92 bits per heavy atom. The van der Waals surface area contributed by atoms with Gasteiger partial charge in [0, 0.05) is 31.0 Å².